The highest BCUT2D eigenvalue weighted by molar-refractivity contribution is 6.09. The van der Waals surface area contributed by atoms with Crippen LogP contribution in [-0.2, 0) is 0 Å². The molecule has 2 heterocycles. The van der Waals surface area contributed by atoms with Crippen LogP contribution in [0, 0.1) is 22.7 Å². The lowest BCUT2D eigenvalue weighted by atomic mass is 9.99. The number of hydrogen-bond acceptors (Lipinski definition) is 3. The SMILES string of the molecule is N#Cc1cncc(-c2cccc(-c3cccc(-n4c5ccccc5c5cc(C#N)ccc54)c3)c2)c1. The summed E-state index contributed by atoms with van der Waals surface area (Å²) in [5, 5.41) is 20.8. The summed E-state index contributed by atoms with van der Waals surface area (Å²) >= 11 is 0. The van der Waals surface area contributed by atoms with Crippen molar-refractivity contribution < 1.29 is 0 Å². The molecule has 0 amide bonds. The maximum absolute atomic E-state index is 9.41. The molecule has 0 radical (unpaired) electrons. The Balaban J connectivity index is 1.51. The summed E-state index contributed by atoms with van der Waals surface area (Å²) in [5.41, 5.74) is 8.51. The van der Waals surface area contributed by atoms with Gasteiger partial charge in [0, 0.05) is 34.4 Å². The monoisotopic (exact) mass is 446 g/mol. The molecule has 0 atom stereocenters. The van der Waals surface area contributed by atoms with Crippen LogP contribution in [0.2, 0.25) is 0 Å². The summed E-state index contributed by atoms with van der Waals surface area (Å²) in [7, 11) is 0. The largest absolute Gasteiger partial charge is 0.309 e. The Bertz CT molecular complexity index is 1830. The van der Waals surface area contributed by atoms with E-state index in [1.54, 1.807) is 12.4 Å². The number of nitrogens with zero attached hydrogens (tertiary/aromatic N) is 4. The molecule has 4 aromatic carbocycles. The molecule has 4 nitrogen and oxygen atoms in total. The lowest BCUT2D eigenvalue weighted by Gasteiger charge is -2.11. The second-order valence-corrected chi connectivity index (χ2v) is 8.40. The highest BCUT2D eigenvalue weighted by atomic mass is 15.0. The number of pyridine rings is 1. The predicted octanol–water partition coefficient (Wildman–Crippen LogP) is 7.26. The Kier molecular flexibility index (Phi) is 4.84. The third-order valence-electron chi connectivity index (χ3n) is 6.30. The van der Waals surface area contributed by atoms with Crippen LogP contribution < -0.4 is 0 Å². The quantitative estimate of drug-likeness (QED) is 0.287. The number of aromatic nitrogens is 2. The Labute approximate surface area is 202 Å². The molecule has 0 spiro atoms. The molecule has 0 aliphatic heterocycles. The maximum atomic E-state index is 9.41. The molecule has 0 saturated carbocycles. The summed E-state index contributed by atoms with van der Waals surface area (Å²) in [6.45, 7) is 0. The second-order valence-electron chi connectivity index (χ2n) is 8.40. The average Bonchev–Trinajstić information content (AvgIpc) is 3.27. The van der Waals surface area contributed by atoms with E-state index in [9.17, 15) is 10.5 Å². The predicted molar refractivity (Wildman–Crippen MR) is 139 cm³/mol. The average molecular weight is 447 g/mol. The zero-order valence-corrected chi connectivity index (χ0v) is 18.7. The minimum atomic E-state index is 0.542. The van der Waals surface area contributed by atoms with E-state index in [2.05, 4.69) is 70.2 Å². The van der Waals surface area contributed by atoms with Crippen LogP contribution in [0.1, 0.15) is 11.1 Å². The molecule has 4 heteroatoms. The van der Waals surface area contributed by atoms with Crippen molar-refractivity contribution in [3.63, 3.8) is 0 Å². The van der Waals surface area contributed by atoms with Gasteiger partial charge in [-0.2, -0.15) is 10.5 Å². The number of fused-ring (bicyclic) bond motifs is 3. The molecule has 0 unspecified atom stereocenters. The topological polar surface area (TPSA) is 65.4 Å². The van der Waals surface area contributed by atoms with Crippen LogP contribution >= 0.6 is 0 Å². The maximum Gasteiger partial charge on any atom is 0.101 e. The number of benzene rings is 4. The highest BCUT2D eigenvalue weighted by Gasteiger charge is 2.13. The van der Waals surface area contributed by atoms with Crippen molar-refractivity contribution >= 4 is 21.8 Å². The summed E-state index contributed by atoms with van der Waals surface area (Å²) in [4.78, 5) is 4.21. The molecule has 0 fully saturated rings. The lowest BCUT2D eigenvalue weighted by Crippen LogP contribution is -1.94. The molecular formula is C31H18N4. The van der Waals surface area contributed by atoms with Crippen molar-refractivity contribution in [2.24, 2.45) is 0 Å². The minimum Gasteiger partial charge on any atom is -0.309 e. The molecule has 0 N–H and O–H groups in total. The lowest BCUT2D eigenvalue weighted by molar-refractivity contribution is 1.18. The summed E-state index contributed by atoms with van der Waals surface area (Å²) in [6.07, 6.45) is 3.35. The van der Waals surface area contributed by atoms with Crippen LogP contribution in [0.15, 0.2) is 109 Å². The van der Waals surface area contributed by atoms with Crippen LogP contribution in [0.3, 0.4) is 0 Å². The van der Waals surface area contributed by atoms with Crippen LogP contribution in [0.5, 0.6) is 0 Å². The first-order valence-electron chi connectivity index (χ1n) is 11.2. The smallest absolute Gasteiger partial charge is 0.101 e. The number of para-hydroxylation sites is 1. The third kappa shape index (κ3) is 3.51. The van der Waals surface area contributed by atoms with Gasteiger partial charge in [-0.25, -0.2) is 0 Å². The molecule has 0 bridgehead atoms. The van der Waals surface area contributed by atoms with Gasteiger partial charge in [0.2, 0.25) is 0 Å². The van der Waals surface area contributed by atoms with E-state index in [-0.39, 0.29) is 0 Å². The molecular weight excluding hydrogens is 428 g/mol. The van der Waals surface area contributed by atoms with E-state index < -0.39 is 0 Å². The second kappa shape index (κ2) is 8.30. The fraction of sp³-hybridized carbons (Fsp3) is 0. The van der Waals surface area contributed by atoms with Crippen molar-refractivity contribution in [2.75, 3.05) is 0 Å². The van der Waals surface area contributed by atoms with Gasteiger partial charge in [-0.3, -0.25) is 4.98 Å². The van der Waals surface area contributed by atoms with E-state index in [1.807, 2.05) is 48.5 Å². The van der Waals surface area contributed by atoms with Crippen molar-refractivity contribution in [3.8, 4) is 40.1 Å². The van der Waals surface area contributed by atoms with E-state index in [0.717, 1.165) is 49.7 Å². The Hall–Kier alpha value is -5.19. The first-order chi connectivity index (χ1) is 17.2. The normalized spacial score (nSPS) is 10.8. The summed E-state index contributed by atoms with van der Waals surface area (Å²) in [6, 6.07) is 37.2. The van der Waals surface area contributed by atoms with Gasteiger partial charge in [0.15, 0.2) is 0 Å². The molecule has 6 rings (SSSR count). The molecule has 2 aromatic heterocycles. The molecule has 0 saturated heterocycles. The molecule has 0 aliphatic rings. The van der Waals surface area contributed by atoms with Gasteiger partial charge in [0.1, 0.15) is 6.07 Å². The minimum absolute atomic E-state index is 0.542. The Morgan fingerprint density at radius 3 is 2.09 bits per heavy atom. The Morgan fingerprint density at radius 1 is 0.543 bits per heavy atom. The molecule has 35 heavy (non-hydrogen) atoms. The molecule has 6 aromatic rings. The van der Waals surface area contributed by atoms with Crippen molar-refractivity contribution in [2.45, 2.75) is 0 Å². The third-order valence-corrected chi connectivity index (χ3v) is 6.30. The first kappa shape index (κ1) is 20.4. The van der Waals surface area contributed by atoms with Crippen LogP contribution in [-0.4, -0.2) is 9.55 Å². The van der Waals surface area contributed by atoms with Gasteiger partial charge in [-0.15, -0.1) is 0 Å². The Morgan fingerprint density at radius 2 is 1.26 bits per heavy atom. The van der Waals surface area contributed by atoms with E-state index in [0.29, 0.717) is 11.1 Å². The first-order valence-corrected chi connectivity index (χ1v) is 11.2. The summed E-state index contributed by atoms with van der Waals surface area (Å²) < 4.78 is 2.25. The molecule has 0 aliphatic carbocycles. The van der Waals surface area contributed by atoms with Crippen LogP contribution in [0.25, 0.3) is 49.7 Å². The zero-order chi connectivity index (χ0) is 23.8. The number of rotatable bonds is 3. The van der Waals surface area contributed by atoms with Gasteiger partial charge in [-0.1, -0.05) is 48.5 Å². The highest BCUT2D eigenvalue weighted by Crippen LogP contribution is 2.34. The van der Waals surface area contributed by atoms with Gasteiger partial charge in [0.05, 0.1) is 28.2 Å². The van der Waals surface area contributed by atoms with Crippen molar-refractivity contribution in [1.29, 1.82) is 10.5 Å². The van der Waals surface area contributed by atoms with Gasteiger partial charge < -0.3 is 4.57 Å². The number of nitriles is 2. The molecule has 162 valence electrons. The van der Waals surface area contributed by atoms with E-state index >= 15 is 0 Å². The van der Waals surface area contributed by atoms with Gasteiger partial charge in [-0.05, 0) is 65.2 Å². The fourth-order valence-corrected chi connectivity index (χ4v) is 4.68. The fourth-order valence-electron chi connectivity index (χ4n) is 4.68. The van der Waals surface area contributed by atoms with E-state index in [4.69, 9.17) is 0 Å². The van der Waals surface area contributed by atoms with Crippen LogP contribution in [0.4, 0.5) is 0 Å². The zero-order valence-electron chi connectivity index (χ0n) is 18.7. The van der Waals surface area contributed by atoms with Crippen molar-refractivity contribution in [1.82, 2.24) is 9.55 Å². The van der Waals surface area contributed by atoms with Gasteiger partial charge in [0.25, 0.3) is 0 Å². The van der Waals surface area contributed by atoms with E-state index in [1.165, 1.54) is 0 Å². The number of hydrogen-bond donors (Lipinski definition) is 0. The van der Waals surface area contributed by atoms with Crippen molar-refractivity contribution in [3.05, 3.63) is 121 Å². The van der Waals surface area contributed by atoms with Gasteiger partial charge >= 0.3 is 0 Å². The summed E-state index contributed by atoms with van der Waals surface area (Å²) in [5.74, 6) is 0. The standard InChI is InChI=1S/C31H18N4/c32-17-21-11-12-31-29(14-21)28-9-1-2-10-30(28)35(31)27-8-4-7-25(16-27)23-5-3-6-24(15-23)26-13-22(18-33)19-34-20-26/h1-16,19-20H.